The van der Waals surface area contributed by atoms with Crippen molar-refractivity contribution in [1.29, 1.82) is 0 Å². The molecule has 2 rings (SSSR count). The van der Waals surface area contributed by atoms with Crippen molar-refractivity contribution in [2.24, 2.45) is 5.92 Å². The van der Waals surface area contributed by atoms with Crippen molar-refractivity contribution in [3.05, 3.63) is 35.4 Å². The molecular formula is C14H18ClF2N. The van der Waals surface area contributed by atoms with E-state index < -0.39 is 11.6 Å². The van der Waals surface area contributed by atoms with Crippen LogP contribution >= 0.6 is 11.6 Å². The Labute approximate surface area is 112 Å². The first-order valence-corrected chi connectivity index (χ1v) is 6.87. The third-order valence-electron chi connectivity index (χ3n) is 3.46. The van der Waals surface area contributed by atoms with Crippen LogP contribution in [-0.2, 0) is 6.54 Å². The molecule has 1 fully saturated rings. The third-order valence-corrected chi connectivity index (χ3v) is 3.90. The molecule has 0 amide bonds. The maximum absolute atomic E-state index is 13.0. The molecule has 1 aliphatic rings. The van der Waals surface area contributed by atoms with Gasteiger partial charge in [0.05, 0.1) is 0 Å². The summed E-state index contributed by atoms with van der Waals surface area (Å²) in [5.41, 5.74) is 0.651. The molecule has 0 heterocycles. The van der Waals surface area contributed by atoms with E-state index in [4.69, 9.17) is 11.6 Å². The SMILES string of the molecule is Fc1cc(F)cc(CNCC2CCC(Cl)CC2)c1. The van der Waals surface area contributed by atoms with Crippen LogP contribution in [0.25, 0.3) is 0 Å². The van der Waals surface area contributed by atoms with Crippen molar-refractivity contribution in [2.75, 3.05) is 6.54 Å². The minimum Gasteiger partial charge on any atom is -0.312 e. The summed E-state index contributed by atoms with van der Waals surface area (Å²) in [6.45, 7) is 1.40. The van der Waals surface area contributed by atoms with E-state index >= 15 is 0 Å². The molecule has 0 bridgehead atoms. The van der Waals surface area contributed by atoms with E-state index in [1.807, 2.05) is 0 Å². The van der Waals surface area contributed by atoms with Gasteiger partial charge in [0.25, 0.3) is 0 Å². The smallest absolute Gasteiger partial charge is 0.126 e. The van der Waals surface area contributed by atoms with Crippen LogP contribution in [0.4, 0.5) is 8.78 Å². The maximum Gasteiger partial charge on any atom is 0.126 e. The van der Waals surface area contributed by atoms with Gasteiger partial charge in [-0.25, -0.2) is 8.78 Å². The predicted molar refractivity (Wildman–Crippen MR) is 69.7 cm³/mol. The van der Waals surface area contributed by atoms with Crippen molar-refractivity contribution >= 4 is 11.6 Å². The molecule has 0 atom stereocenters. The van der Waals surface area contributed by atoms with Crippen molar-refractivity contribution in [2.45, 2.75) is 37.6 Å². The monoisotopic (exact) mass is 273 g/mol. The number of hydrogen-bond acceptors (Lipinski definition) is 1. The van der Waals surface area contributed by atoms with E-state index in [2.05, 4.69) is 5.32 Å². The van der Waals surface area contributed by atoms with Gasteiger partial charge >= 0.3 is 0 Å². The summed E-state index contributed by atoms with van der Waals surface area (Å²) < 4.78 is 25.9. The van der Waals surface area contributed by atoms with Gasteiger partial charge in [-0.1, -0.05) is 0 Å². The minimum absolute atomic E-state index is 0.332. The summed E-state index contributed by atoms with van der Waals surface area (Å²) in [6.07, 6.45) is 4.42. The van der Waals surface area contributed by atoms with Crippen LogP contribution in [0.2, 0.25) is 0 Å². The molecule has 0 aromatic heterocycles. The van der Waals surface area contributed by atoms with Crippen LogP contribution in [-0.4, -0.2) is 11.9 Å². The van der Waals surface area contributed by atoms with Crippen LogP contribution in [0.1, 0.15) is 31.2 Å². The van der Waals surface area contributed by atoms with E-state index in [0.717, 1.165) is 38.3 Å². The van der Waals surface area contributed by atoms with E-state index in [1.165, 1.54) is 12.1 Å². The number of alkyl halides is 1. The third kappa shape index (κ3) is 4.21. The highest BCUT2D eigenvalue weighted by Crippen LogP contribution is 2.27. The molecule has 1 saturated carbocycles. The predicted octanol–water partition coefficient (Wildman–Crippen LogP) is 3.85. The largest absolute Gasteiger partial charge is 0.312 e. The van der Waals surface area contributed by atoms with Crippen molar-refractivity contribution in [3.63, 3.8) is 0 Å². The molecule has 100 valence electrons. The van der Waals surface area contributed by atoms with E-state index in [0.29, 0.717) is 23.4 Å². The number of benzene rings is 1. The van der Waals surface area contributed by atoms with E-state index in [-0.39, 0.29) is 0 Å². The second kappa shape index (κ2) is 6.48. The molecule has 0 unspecified atom stereocenters. The Hall–Kier alpha value is -0.670. The second-order valence-corrected chi connectivity index (χ2v) is 5.64. The van der Waals surface area contributed by atoms with Crippen LogP contribution in [0.15, 0.2) is 18.2 Å². The van der Waals surface area contributed by atoms with Crippen LogP contribution in [0, 0.1) is 17.6 Å². The standard InChI is InChI=1S/C14H18ClF2N/c15-12-3-1-10(2-4-12)8-18-9-11-5-13(16)7-14(17)6-11/h5-7,10,12,18H,1-4,8-9H2. The number of nitrogens with one attached hydrogen (secondary N) is 1. The Balaban J connectivity index is 1.74. The normalized spacial score (nSPS) is 24.2. The number of hydrogen-bond donors (Lipinski definition) is 1. The van der Waals surface area contributed by atoms with Gasteiger partial charge in [-0.3, -0.25) is 0 Å². The molecule has 4 heteroatoms. The number of rotatable bonds is 4. The van der Waals surface area contributed by atoms with Crippen LogP contribution < -0.4 is 5.32 Å². The molecule has 0 aliphatic heterocycles. The first-order valence-electron chi connectivity index (χ1n) is 6.43. The Bertz CT molecular complexity index is 369. The molecule has 0 spiro atoms. The lowest BCUT2D eigenvalue weighted by molar-refractivity contribution is 0.345. The molecule has 1 nitrogen and oxygen atoms in total. The Kier molecular flexibility index (Phi) is 4.95. The Morgan fingerprint density at radius 3 is 2.28 bits per heavy atom. The Morgan fingerprint density at radius 2 is 1.67 bits per heavy atom. The first kappa shape index (κ1) is 13.8. The van der Waals surface area contributed by atoms with Gasteiger partial charge in [0.2, 0.25) is 0 Å². The van der Waals surface area contributed by atoms with Crippen LogP contribution in [0.5, 0.6) is 0 Å². The number of halogens is 3. The van der Waals surface area contributed by atoms with Crippen molar-refractivity contribution in [1.82, 2.24) is 5.32 Å². The molecule has 1 aromatic carbocycles. The average molecular weight is 274 g/mol. The van der Waals surface area contributed by atoms with Crippen LogP contribution in [0.3, 0.4) is 0 Å². The van der Waals surface area contributed by atoms with Crippen molar-refractivity contribution in [3.8, 4) is 0 Å². The van der Waals surface area contributed by atoms with Gasteiger partial charge in [-0.15, -0.1) is 11.6 Å². The summed E-state index contributed by atoms with van der Waals surface area (Å²) in [7, 11) is 0. The highest BCUT2D eigenvalue weighted by atomic mass is 35.5. The highest BCUT2D eigenvalue weighted by molar-refractivity contribution is 6.20. The lowest BCUT2D eigenvalue weighted by atomic mass is 9.89. The quantitative estimate of drug-likeness (QED) is 0.822. The van der Waals surface area contributed by atoms with E-state index in [9.17, 15) is 8.78 Å². The fourth-order valence-electron chi connectivity index (χ4n) is 2.46. The zero-order chi connectivity index (χ0) is 13.0. The first-order chi connectivity index (χ1) is 8.63. The average Bonchev–Trinajstić information content (AvgIpc) is 2.30. The maximum atomic E-state index is 13.0. The summed E-state index contributed by atoms with van der Waals surface area (Å²) in [4.78, 5) is 0. The minimum atomic E-state index is -0.519. The summed E-state index contributed by atoms with van der Waals surface area (Å²) in [5, 5.41) is 3.60. The van der Waals surface area contributed by atoms with Gasteiger partial charge < -0.3 is 5.32 Å². The fraction of sp³-hybridized carbons (Fsp3) is 0.571. The Morgan fingerprint density at radius 1 is 1.06 bits per heavy atom. The van der Waals surface area contributed by atoms with Gasteiger partial charge in [-0.2, -0.15) is 0 Å². The summed E-state index contributed by atoms with van der Waals surface area (Å²) in [5.74, 6) is -0.401. The molecule has 1 aliphatic carbocycles. The summed E-state index contributed by atoms with van der Waals surface area (Å²) >= 11 is 6.04. The highest BCUT2D eigenvalue weighted by Gasteiger charge is 2.18. The van der Waals surface area contributed by atoms with Gasteiger partial charge in [0.15, 0.2) is 0 Å². The molecule has 1 aromatic rings. The van der Waals surface area contributed by atoms with E-state index in [1.54, 1.807) is 0 Å². The van der Waals surface area contributed by atoms with Gasteiger partial charge in [0.1, 0.15) is 11.6 Å². The molecular weight excluding hydrogens is 256 g/mol. The lowest BCUT2D eigenvalue weighted by Crippen LogP contribution is -2.26. The molecule has 0 radical (unpaired) electrons. The zero-order valence-electron chi connectivity index (χ0n) is 10.3. The second-order valence-electron chi connectivity index (χ2n) is 5.03. The zero-order valence-corrected chi connectivity index (χ0v) is 11.0. The molecule has 18 heavy (non-hydrogen) atoms. The molecule has 0 saturated heterocycles. The topological polar surface area (TPSA) is 12.0 Å². The lowest BCUT2D eigenvalue weighted by Gasteiger charge is -2.25. The van der Waals surface area contributed by atoms with Crippen molar-refractivity contribution < 1.29 is 8.78 Å². The van der Waals surface area contributed by atoms with Gasteiger partial charge in [0, 0.05) is 18.0 Å². The fourth-order valence-corrected chi connectivity index (χ4v) is 2.71. The van der Waals surface area contributed by atoms with Gasteiger partial charge in [-0.05, 0) is 55.8 Å². The molecule has 1 N–H and O–H groups in total. The summed E-state index contributed by atoms with van der Waals surface area (Å²) in [6, 6.07) is 3.63.